The summed E-state index contributed by atoms with van der Waals surface area (Å²) in [6, 6.07) is 8.53. The van der Waals surface area contributed by atoms with Crippen LogP contribution in [0.15, 0.2) is 41.0 Å². The number of ether oxygens (including phenoxy) is 2. The molecule has 1 aliphatic heterocycles. The molecule has 4 rings (SSSR count). The third-order valence-corrected chi connectivity index (χ3v) is 7.02. The van der Waals surface area contributed by atoms with Gasteiger partial charge in [-0.25, -0.2) is 8.42 Å². The Kier molecular flexibility index (Phi) is 6.51. The maximum atomic E-state index is 13.0. The zero-order valence-corrected chi connectivity index (χ0v) is 20.2. The SMILES string of the molecule is COc1cccc(OC)c1-n1c(NS(=O)(=O)CCN2C(=O)[C@H](C)C[C@@H]2C)nnc1-c1ccco1. The van der Waals surface area contributed by atoms with Gasteiger partial charge >= 0.3 is 0 Å². The molecule has 3 heterocycles. The lowest BCUT2D eigenvalue weighted by Crippen LogP contribution is -2.37. The first-order valence-corrected chi connectivity index (χ1v) is 12.4. The van der Waals surface area contributed by atoms with E-state index in [9.17, 15) is 13.2 Å². The lowest BCUT2D eigenvalue weighted by Gasteiger charge is -2.22. The molecule has 1 N–H and O–H groups in total. The molecule has 0 aliphatic carbocycles. The molecule has 0 spiro atoms. The molecule has 0 unspecified atom stereocenters. The Balaban J connectivity index is 1.71. The molecule has 2 aromatic heterocycles. The van der Waals surface area contributed by atoms with E-state index < -0.39 is 10.0 Å². The minimum atomic E-state index is -3.89. The van der Waals surface area contributed by atoms with Crippen LogP contribution < -0.4 is 14.2 Å². The van der Waals surface area contributed by atoms with Crippen molar-refractivity contribution in [3.05, 3.63) is 36.6 Å². The lowest BCUT2D eigenvalue weighted by atomic mass is 10.1. The second-order valence-corrected chi connectivity index (χ2v) is 9.95. The van der Waals surface area contributed by atoms with Crippen LogP contribution in [0, 0.1) is 5.92 Å². The smallest absolute Gasteiger partial charge is 0.243 e. The number of nitrogens with zero attached hydrogens (tertiary/aromatic N) is 4. The second-order valence-electron chi connectivity index (χ2n) is 8.11. The standard InChI is InChI=1S/C22H27N5O6S/c1-14-13-15(2)26(21(14)28)10-12-34(29,30)25-22-24-23-20(18-9-6-11-33-18)27(22)19-16(31-3)7-5-8-17(19)32-4/h5-9,11,14-15H,10,12-13H2,1-4H3,(H,24,25)/t14-,15+/m1/s1. The highest BCUT2D eigenvalue weighted by atomic mass is 32.2. The van der Waals surface area contributed by atoms with Crippen molar-refractivity contribution >= 4 is 21.9 Å². The number of likely N-dealkylation sites (tertiary alicyclic amines) is 1. The molecule has 11 nitrogen and oxygen atoms in total. The van der Waals surface area contributed by atoms with Crippen LogP contribution in [0.2, 0.25) is 0 Å². The van der Waals surface area contributed by atoms with Crippen LogP contribution in [0.4, 0.5) is 5.95 Å². The predicted molar refractivity (Wildman–Crippen MR) is 125 cm³/mol. The summed E-state index contributed by atoms with van der Waals surface area (Å²) in [5.74, 6) is 0.951. The van der Waals surface area contributed by atoms with Gasteiger partial charge in [0, 0.05) is 18.5 Å². The van der Waals surface area contributed by atoms with Gasteiger partial charge in [-0.1, -0.05) is 13.0 Å². The summed E-state index contributed by atoms with van der Waals surface area (Å²) >= 11 is 0. The molecule has 0 radical (unpaired) electrons. The predicted octanol–water partition coefficient (Wildman–Crippen LogP) is 2.54. The molecule has 1 aliphatic rings. The first kappa shape index (κ1) is 23.6. The van der Waals surface area contributed by atoms with Crippen molar-refractivity contribution in [3.63, 3.8) is 0 Å². The average molecular weight is 490 g/mol. The van der Waals surface area contributed by atoms with E-state index >= 15 is 0 Å². The molecule has 1 saturated heterocycles. The number of para-hydroxylation sites is 1. The molecule has 0 saturated carbocycles. The number of hydrogen-bond acceptors (Lipinski definition) is 8. The summed E-state index contributed by atoms with van der Waals surface area (Å²) in [5.41, 5.74) is 0.402. The highest BCUT2D eigenvalue weighted by molar-refractivity contribution is 7.92. The normalized spacial score (nSPS) is 18.4. The Bertz CT molecular complexity index is 1250. The van der Waals surface area contributed by atoms with Gasteiger partial charge in [0.25, 0.3) is 0 Å². The number of hydrogen-bond donors (Lipinski definition) is 1. The number of carbonyl (C=O) groups excluding carboxylic acids is 1. The van der Waals surface area contributed by atoms with Crippen molar-refractivity contribution in [1.29, 1.82) is 0 Å². The largest absolute Gasteiger partial charge is 0.494 e. The van der Waals surface area contributed by atoms with Gasteiger partial charge < -0.3 is 18.8 Å². The maximum absolute atomic E-state index is 13.0. The van der Waals surface area contributed by atoms with Crippen LogP contribution in [-0.2, 0) is 14.8 Å². The molecule has 2 atom stereocenters. The molecule has 1 aromatic carbocycles. The zero-order chi connectivity index (χ0) is 24.5. The molecule has 3 aromatic rings. The Labute approximate surface area is 197 Å². The maximum Gasteiger partial charge on any atom is 0.243 e. The number of benzene rings is 1. The van der Waals surface area contributed by atoms with E-state index in [0.29, 0.717) is 29.4 Å². The number of methoxy groups -OCH3 is 2. The Hall–Kier alpha value is -3.54. The van der Waals surface area contributed by atoms with E-state index in [1.54, 1.807) is 35.2 Å². The topological polar surface area (TPSA) is 129 Å². The zero-order valence-electron chi connectivity index (χ0n) is 19.4. The Morgan fingerprint density at radius 3 is 2.38 bits per heavy atom. The highest BCUT2D eigenvalue weighted by Crippen LogP contribution is 2.37. The average Bonchev–Trinajstić information content (AvgIpc) is 3.52. The summed E-state index contributed by atoms with van der Waals surface area (Å²) in [6.45, 7) is 3.85. The number of rotatable bonds is 9. The van der Waals surface area contributed by atoms with Gasteiger partial charge in [-0.05, 0) is 37.6 Å². The molecule has 12 heteroatoms. The summed E-state index contributed by atoms with van der Waals surface area (Å²) in [6.07, 6.45) is 2.19. The van der Waals surface area contributed by atoms with Crippen LogP contribution in [-0.4, -0.2) is 66.5 Å². The minimum absolute atomic E-state index is 0.00949. The summed E-state index contributed by atoms with van der Waals surface area (Å²) in [4.78, 5) is 14.0. The number of anilines is 1. The Morgan fingerprint density at radius 1 is 1.12 bits per heavy atom. The Morgan fingerprint density at radius 2 is 1.82 bits per heavy atom. The summed E-state index contributed by atoms with van der Waals surface area (Å²) in [7, 11) is -0.902. The van der Waals surface area contributed by atoms with Crippen LogP contribution in [0.3, 0.4) is 0 Å². The third-order valence-electron chi connectivity index (χ3n) is 5.81. The van der Waals surface area contributed by atoms with Crippen LogP contribution in [0.5, 0.6) is 11.5 Å². The summed E-state index contributed by atoms with van der Waals surface area (Å²) < 4.78 is 46.5. The minimum Gasteiger partial charge on any atom is -0.494 e. The van der Waals surface area contributed by atoms with E-state index in [1.165, 1.54) is 25.0 Å². The van der Waals surface area contributed by atoms with Crippen molar-refractivity contribution in [3.8, 4) is 28.8 Å². The van der Waals surface area contributed by atoms with Crippen molar-refractivity contribution in [1.82, 2.24) is 19.7 Å². The van der Waals surface area contributed by atoms with Crippen molar-refractivity contribution in [2.24, 2.45) is 5.92 Å². The van der Waals surface area contributed by atoms with E-state index in [1.807, 2.05) is 13.8 Å². The monoisotopic (exact) mass is 489 g/mol. The van der Waals surface area contributed by atoms with E-state index in [2.05, 4.69) is 14.9 Å². The number of sulfonamides is 1. The van der Waals surface area contributed by atoms with Crippen molar-refractivity contribution in [2.75, 3.05) is 31.2 Å². The fraction of sp³-hybridized carbons (Fsp3) is 0.409. The highest BCUT2D eigenvalue weighted by Gasteiger charge is 2.35. The number of amides is 1. The number of aromatic nitrogens is 3. The van der Waals surface area contributed by atoms with Gasteiger partial charge in [0.2, 0.25) is 27.7 Å². The summed E-state index contributed by atoms with van der Waals surface area (Å²) in [5, 5.41) is 8.24. The second kappa shape index (κ2) is 9.37. The molecule has 182 valence electrons. The third kappa shape index (κ3) is 4.45. The van der Waals surface area contributed by atoms with Gasteiger partial charge in [-0.3, -0.25) is 14.1 Å². The first-order valence-electron chi connectivity index (χ1n) is 10.8. The van der Waals surface area contributed by atoms with Crippen molar-refractivity contribution < 1.29 is 27.1 Å². The van der Waals surface area contributed by atoms with Gasteiger partial charge in [0.15, 0.2) is 5.76 Å². The molecular formula is C22H27N5O6S. The molecule has 0 bridgehead atoms. The van der Waals surface area contributed by atoms with Gasteiger partial charge in [-0.15, -0.1) is 10.2 Å². The van der Waals surface area contributed by atoms with Gasteiger partial charge in [0.05, 0.1) is 26.2 Å². The van der Waals surface area contributed by atoms with E-state index in [0.717, 1.165) is 0 Å². The number of furan rings is 1. The number of carbonyl (C=O) groups is 1. The molecule has 34 heavy (non-hydrogen) atoms. The van der Waals surface area contributed by atoms with Crippen LogP contribution in [0.25, 0.3) is 17.3 Å². The quantitative estimate of drug-likeness (QED) is 0.486. The lowest BCUT2D eigenvalue weighted by molar-refractivity contribution is -0.131. The number of nitrogens with one attached hydrogen (secondary N) is 1. The van der Waals surface area contributed by atoms with Crippen LogP contribution >= 0.6 is 0 Å². The van der Waals surface area contributed by atoms with Crippen LogP contribution in [0.1, 0.15) is 20.3 Å². The van der Waals surface area contributed by atoms with Gasteiger partial charge in [0.1, 0.15) is 17.2 Å². The molecule has 1 amide bonds. The van der Waals surface area contributed by atoms with E-state index in [-0.39, 0.29) is 41.9 Å². The van der Waals surface area contributed by atoms with E-state index in [4.69, 9.17) is 13.9 Å². The molecule has 1 fully saturated rings. The van der Waals surface area contributed by atoms with Crippen molar-refractivity contribution in [2.45, 2.75) is 26.3 Å². The first-order chi connectivity index (χ1) is 16.3. The fourth-order valence-electron chi connectivity index (χ4n) is 4.16. The fourth-order valence-corrected chi connectivity index (χ4v) is 5.11. The molecular weight excluding hydrogens is 462 g/mol. The van der Waals surface area contributed by atoms with Gasteiger partial charge in [-0.2, -0.15) is 0 Å².